The van der Waals surface area contributed by atoms with Crippen molar-refractivity contribution in [2.24, 2.45) is 0 Å². The number of carboxylic acids is 1. The number of benzene rings is 2. The summed E-state index contributed by atoms with van der Waals surface area (Å²) in [5.74, 6) is -1.39. The molecular formula is C27H34N2O3. The summed E-state index contributed by atoms with van der Waals surface area (Å²) in [6, 6.07) is 12.6. The molecule has 3 N–H and O–H groups in total. The Morgan fingerprint density at radius 3 is 2.34 bits per heavy atom. The van der Waals surface area contributed by atoms with Gasteiger partial charge in [-0.1, -0.05) is 44.0 Å². The molecule has 1 saturated carbocycles. The van der Waals surface area contributed by atoms with Gasteiger partial charge in [-0.25, -0.2) is 0 Å². The molecule has 5 nitrogen and oxygen atoms in total. The minimum Gasteiger partial charge on any atom is -0.480 e. The fourth-order valence-electron chi connectivity index (χ4n) is 4.22. The number of carbonyl (C=O) groups excluding carboxylic acids is 1. The summed E-state index contributed by atoms with van der Waals surface area (Å²) in [6.45, 7) is 7.48. The van der Waals surface area contributed by atoms with Crippen molar-refractivity contribution in [2.45, 2.75) is 71.9 Å². The topological polar surface area (TPSA) is 78.4 Å². The summed E-state index contributed by atoms with van der Waals surface area (Å²) < 4.78 is 0. The zero-order valence-corrected chi connectivity index (χ0v) is 19.5. The number of anilines is 1. The lowest BCUT2D eigenvalue weighted by molar-refractivity contribution is -0.140. The summed E-state index contributed by atoms with van der Waals surface area (Å²) in [4.78, 5) is 23.5. The number of carbonyl (C=O) groups is 2. The Balaban J connectivity index is 1.80. The summed E-state index contributed by atoms with van der Waals surface area (Å²) in [5, 5.41) is 15.2. The molecule has 0 aliphatic heterocycles. The van der Waals surface area contributed by atoms with Gasteiger partial charge in [-0.2, -0.15) is 0 Å². The van der Waals surface area contributed by atoms with E-state index in [2.05, 4.69) is 54.0 Å². The maximum absolute atomic E-state index is 12.5. The van der Waals surface area contributed by atoms with E-state index in [1.165, 1.54) is 49.4 Å². The molecule has 2 aromatic rings. The third-order valence-corrected chi connectivity index (χ3v) is 6.26. The molecule has 5 heteroatoms. The van der Waals surface area contributed by atoms with Crippen molar-refractivity contribution in [1.29, 1.82) is 0 Å². The van der Waals surface area contributed by atoms with Gasteiger partial charge in [-0.15, -0.1) is 0 Å². The van der Waals surface area contributed by atoms with Gasteiger partial charge >= 0.3 is 5.97 Å². The second-order valence-corrected chi connectivity index (χ2v) is 8.78. The normalized spacial score (nSPS) is 15.4. The van der Waals surface area contributed by atoms with Gasteiger partial charge in [0.05, 0.1) is 0 Å². The van der Waals surface area contributed by atoms with E-state index in [1.807, 2.05) is 19.9 Å². The fraction of sp³-hybridized carbons (Fsp3) is 0.407. The zero-order chi connectivity index (χ0) is 23.3. The van der Waals surface area contributed by atoms with Crippen LogP contribution in [0.2, 0.25) is 0 Å². The second kappa shape index (κ2) is 10.5. The van der Waals surface area contributed by atoms with Gasteiger partial charge in [-0.3, -0.25) is 9.59 Å². The van der Waals surface area contributed by atoms with Crippen LogP contribution >= 0.6 is 0 Å². The van der Waals surface area contributed by atoms with Crippen molar-refractivity contribution in [2.75, 3.05) is 5.32 Å². The number of carboxylic acid groups (broad SMARTS) is 1. The predicted molar refractivity (Wildman–Crippen MR) is 131 cm³/mol. The van der Waals surface area contributed by atoms with Gasteiger partial charge in [0.2, 0.25) is 5.91 Å². The van der Waals surface area contributed by atoms with Crippen LogP contribution in [0.5, 0.6) is 0 Å². The molecule has 0 aromatic heterocycles. The molecule has 0 saturated heterocycles. The quantitative estimate of drug-likeness (QED) is 0.465. The van der Waals surface area contributed by atoms with E-state index in [0.29, 0.717) is 18.0 Å². The van der Waals surface area contributed by atoms with Crippen LogP contribution in [-0.2, 0) is 9.59 Å². The molecule has 0 bridgehead atoms. The van der Waals surface area contributed by atoms with Crippen LogP contribution in [0.25, 0.3) is 17.2 Å². The van der Waals surface area contributed by atoms with Crippen LogP contribution in [0.4, 0.5) is 5.69 Å². The number of hydrogen-bond donors (Lipinski definition) is 3. The molecule has 0 heterocycles. The number of nitrogens with one attached hydrogen (secondary N) is 2. The Hall–Kier alpha value is -3.08. The molecular weight excluding hydrogens is 400 g/mol. The van der Waals surface area contributed by atoms with Crippen LogP contribution in [0, 0.1) is 13.8 Å². The zero-order valence-electron chi connectivity index (χ0n) is 19.5. The number of rotatable bonds is 8. The highest BCUT2D eigenvalue weighted by molar-refractivity contribution is 5.99. The molecule has 3 rings (SSSR count). The first-order valence-electron chi connectivity index (χ1n) is 11.5. The van der Waals surface area contributed by atoms with E-state index in [4.69, 9.17) is 5.11 Å². The lowest BCUT2D eigenvalue weighted by Gasteiger charge is -2.15. The molecule has 2 aromatic carbocycles. The highest BCUT2D eigenvalue weighted by atomic mass is 16.4. The molecule has 1 aliphatic carbocycles. The van der Waals surface area contributed by atoms with Crippen LogP contribution in [0.3, 0.4) is 0 Å². The van der Waals surface area contributed by atoms with E-state index >= 15 is 0 Å². The van der Waals surface area contributed by atoms with Crippen LogP contribution < -0.4 is 10.6 Å². The highest BCUT2D eigenvalue weighted by Gasteiger charge is 2.17. The molecule has 1 aliphatic rings. The minimum absolute atomic E-state index is 0.339. The summed E-state index contributed by atoms with van der Waals surface area (Å²) in [6.07, 6.45) is 7.52. The highest BCUT2D eigenvalue weighted by Crippen LogP contribution is 2.30. The molecule has 32 heavy (non-hydrogen) atoms. The van der Waals surface area contributed by atoms with Crippen LogP contribution in [0.1, 0.15) is 62.6 Å². The molecule has 0 unspecified atom stereocenters. The molecule has 1 atom stereocenters. The molecule has 0 radical (unpaired) electrons. The average molecular weight is 435 g/mol. The van der Waals surface area contributed by atoms with E-state index in [-0.39, 0.29) is 5.91 Å². The Kier molecular flexibility index (Phi) is 7.73. The maximum atomic E-state index is 12.5. The van der Waals surface area contributed by atoms with Gasteiger partial charge in [-0.05, 0) is 86.1 Å². The Morgan fingerprint density at radius 2 is 1.75 bits per heavy atom. The molecule has 1 fully saturated rings. The monoisotopic (exact) mass is 434 g/mol. The van der Waals surface area contributed by atoms with Crippen LogP contribution in [0.15, 0.2) is 42.0 Å². The number of hydrogen-bond acceptors (Lipinski definition) is 3. The molecule has 0 spiro atoms. The first-order valence-corrected chi connectivity index (χ1v) is 11.5. The van der Waals surface area contributed by atoms with Crippen molar-refractivity contribution in [3.8, 4) is 11.1 Å². The number of aryl methyl sites for hydroxylation is 2. The van der Waals surface area contributed by atoms with Gasteiger partial charge in [0, 0.05) is 17.3 Å². The lowest BCUT2D eigenvalue weighted by atomic mass is 9.93. The fourth-order valence-corrected chi connectivity index (χ4v) is 4.22. The molecule has 1 amide bonds. The van der Waals surface area contributed by atoms with E-state index in [1.54, 1.807) is 0 Å². The summed E-state index contributed by atoms with van der Waals surface area (Å²) in [5.41, 5.74) is 7.26. The Morgan fingerprint density at radius 1 is 1.09 bits per heavy atom. The first-order chi connectivity index (χ1) is 15.3. The largest absolute Gasteiger partial charge is 0.480 e. The van der Waals surface area contributed by atoms with Crippen molar-refractivity contribution in [3.63, 3.8) is 0 Å². The third-order valence-electron chi connectivity index (χ3n) is 6.26. The second-order valence-electron chi connectivity index (χ2n) is 8.78. The van der Waals surface area contributed by atoms with Crippen molar-refractivity contribution in [3.05, 3.63) is 58.7 Å². The Labute approximate surface area is 190 Å². The average Bonchev–Trinajstić information content (AvgIpc) is 3.27. The van der Waals surface area contributed by atoms with Crippen molar-refractivity contribution < 1.29 is 14.7 Å². The summed E-state index contributed by atoms with van der Waals surface area (Å²) in [7, 11) is 0. The van der Waals surface area contributed by atoms with E-state index in [9.17, 15) is 9.59 Å². The predicted octanol–water partition coefficient (Wildman–Crippen LogP) is 5.71. The smallest absolute Gasteiger partial charge is 0.325 e. The lowest BCUT2D eigenvalue weighted by Crippen LogP contribution is -2.39. The van der Waals surface area contributed by atoms with Gasteiger partial charge in [0.25, 0.3) is 0 Å². The van der Waals surface area contributed by atoms with Gasteiger partial charge in [0.1, 0.15) is 6.04 Å². The summed E-state index contributed by atoms with van der Waals surface area (Å²) >= 11 is 0. The van der Waals surface area contributed by atoms with Gasteiger partial charge < -0.3 is 15.7 Å². The van der Waals surface area contributed by atoms with Crippen LogP contribution in [-0.4, -0.2) is 29.1 Å². The SMILES string of the molecule is CCC(=Cc1cc(C)c(-c2ccc(NC3CCCC3)cc2)cc1C)C(=O)N[C@H](C)C(=O)O. The molecule has 170 valence electrons. The maximum Gasteiger partial charge on any atom is 0.325 e. The first kappa shape index (κ1) is 23.6. The van der Waals surface area contributed by atoms with E-state index in [0.717, 1.165) is 16.7 Å². The van der Waals surface area contributed by atoms with Gasteiger partial charge in [0.15, 0.2) is 0 Å². The standard InChI is InChI=1S/C27H34N2O3/c1-5-20(26(30)28-19(4)27(31)32)16-22-14-18(3)25(15-17(22)2)21-10-12-24(13-11-21)29-23-8-6-7-9-23/h10-16,19,23,29H,5-9H2,1-4H3,(H,28,30)(H,31,32)/t19-/m1/s1. The number of amides is 1. The third kappa shape index (κ3) is 5.78. The Bertz CT molecular complexity index is 1000. The van der Waals surface area contributed by atoms with Crippen molar-refractivity contribution in [1.82, 2.24) is 5.32 Å². The van der Waals surface area contributed by atoms with Crippen molar-refractivity contribution >= 4 is 23.6 Å². The van der Waals surface area contributed by atoms with E-state index < -0.39 is 12.0 Å². The minimum atomic E-state index is -1.05. The number of aliphatic carboxylic acids is 1.